The summed E-state index contributed by atoms with van der Waals surface area (Å²) in [7, 11) is 0. The van der Waals surface area contributed by atoms with E-state index in [1.807, 2.05) is 6.92 Å². The molecule has 3 nitrogen and oxygen atoms in total. The van der Waals surface area contributed by atoms with Gasteiger partial charge in [-0.25, -0.2) is 0 Å². The first-order chi connectivity index (χ1) is 6.52. The standard InChI is InChI=1S/C11H18O3/c1-2-11(9(12)13)7-10(14)5-3-4-8(11)6-10/h8,14H,2-7H2,1H3,(H,12,13). The third-order valence-corrected chi connectivity index (χ3v) is 4.30. The number of aliphatic carboxylic acids is 1. The van der Waals surface area contributed by atoms with E-state index in [9.17, 15) is 15.0 Å². The molecule has 2 aliphatic rings. The zero-order chi connectivity index (χ0) is 10.4. The molecular weight excluding hydrogens is 180 g/mol. The highest BCUT2D eigenvalue weighted by Gasteiger charge is 2.58. The number of fused-ring (bicyclic) bond motifs is 2. The monoisotopic (exact) mass is 198 g/mol. The average molecular weight is 198 g/mol. The molecule has 0 amide bonds. The van der Waals surface area contributed by atoms with Crippen LogP contribution in [0.25, 0.3) is 0 Å². The predicted molar refractivity (Wildman–Crippen MR) is 51.9 cm³/mol. The van der Waals surface area contributed by atoms with Crippen molar-refractivity contribution in [1.29, 1.82) is 0 Å². The van der Waals surface area contributed by atoms with Gasteiger partial charge in [0.15, 0.2) is 0 Å². The summed E-state index contributed by atoms with van der Waals surface area (Å²) in [5, 5.41) is 19.5. The largest absolute Gasteiger partial charge is 0.481 e. The molecule has 0 saturated heterocycles. The minimum absolute atomic E-state index is 0.198. The zero-order valence-electron chi connectivity index (χ0n) is 8.62. The number of carboxylic acids is 1. The molecule has 2 rings (SSSR count). The summed E-state index contributed by atoms with van der Waals surface area (Å²) in [4.78, 5) is 11.3. The fourth-order valence-corrected chi connectivity index (χ4v) is 3.52. The van der Waals surface area contributed by atoms with Gasteiger partial charge in [0.1, 0.15) is 0 Å². The molecule has 0 aromatic carbocycles. The van der Waals surface area contributed by atoms with Gasteiger partial charge in [-0.2, -0.15) is 0 Å². The van der Waals surface area contributed by atoms with Gasteiger partial charge < -0.3 is 10.2 Å². The van der Waals surface area contributed by atoms with Gasteiger partial charge in [-0.05, 0) is 38.0 Å². The Morgan fingerprint density at radius 1 is 1.57 bits per heavy atom. The number of rotatable bonds is 2. The Kier molecular flexibility index (Phi) is 2.11. The molecule has 3 unspecified atom stereocenters. The molecule has 3 heteroatoms. The molecule has 2 fully saturated rings. The lowest BCUT2D eigenvalue weighted by molar-refractivity contribution is -0.152. The van der Waals surface area contributed by atoms with Crippen LogP contribution in [0.2, 0.25) is 0 Å². The van der Waals surface area contributed by atoms with Crippen molar-refractivity contribution in [2.24, 2.45) is 11.3 Å². The highest BCUT2D eigenvalue weighted by atomic mass is 16.4. The van der Waals surface area contributed by atoms with Crippen LogP contribution in [0.3, 0.4) is 0 Å². The van der Waals surface area contributed by atoms with Crippen molar-refractivity contribution < 1.29 is 15.0 Å². The van der Waals surface area contributed by atoms with Crippen LogP contribution in [-0.2, 0) is 4.79 Å². The molecule has 2 bridgehead atoms. The quantitative estimate of drug-likeness (QED) is 0.711. The van der Waals surface area contributed by atoms with Crippen LogP contribution in [0.4, 0.5) is 0 Å². The van der Waals surface area contributed by atoms with Crippen molar-refractivity contribution in [2.75, 3.05) is 0 Å². The fourth-order valence-electron chi connectivity index (χ4n) is 3.52. The zero-order valence-corrected chi connectivity index (χ0v) is 8.62. The van der Waals surface area contributed by atoms with Crippen molar-refractivity contribution >= 4 is 5.97 Å². The number of hydrogen-bond donors (Lipinski definition) is 2. The van der Waals surface area contributed by atoms with E-state index in [1.54, 1.807) is 0 Å². The van der Waals surface area contributed by atoms with Crippen molar-refractivity contribution in [3.05, 3.63) is 0 Å². The van der Waals surface area contributed by atoms with Gasteiger partial charge >= 0.3 is 5.97 Å². The molecule has 14 heavy (non-hydrogen) atoms. The van der Waals surface area contributed by atoms with Crippen molar-refractivity contribution in [3.8, 4) is 0 Å². The van der Waals surface area contributed by atoms with Crippen LogP contribution in [-0.4, -0.2) is 21.8 Å². The Labute approximate surface area is 84.1 Å². The summed E-state index contributed by atoms with van der Waals surface area (Å²) >= 11 is 0. The summed E-state index contributed by atoms with van der Waals surface area (Å²) in [6, 6.07) is 0. The van der Waals surface area contributed by atoms with E-state index in [4.69, 9.17) is 0 Å². The van der Waals surface area contributed by atoms with Gasteiger partial charge in [0.05, 0.1) is 11.0 Å². The number of carbonyl (C=O) groups is 1. The van der Waals surface area contributed by atoms with Gasteiger partial charge in [-0.1, -0.05) is 13.3 Å². The van der Waals surface area contributed by atoms with Gasteiger partial charge in [0, 0.05) is 0 Å². The Bertz CT molecular complexity index is 263. The molecule has 2 aliphatic carbocycles. The van der Waals surface area contributed by atoms with Crippen molar-refractivity contribution in [2.45, 2.75) is 51.0 Å². The molecule has 2 saturated carbocycles. The molecule has 80 valence electrons. The Morgan fingerprint density at radius 3 is 2.79 bits per heavy atom. The van der Waals surface area contributed by atoms with Crippen molar-refractivity contribution in [1.82, 2.24) is 0 Å². The topological polar surface area (TPSA) is 57.5 Å². The SMILES string of the molecule is CCC1(C(=O)O)CC2(O)CCCC1C2. The van der Waals surface area contributed by atoms with Crippen LogP contribution in [0.1, 0.15) is 45.4 Å². The highest BCUT2D eigenvalue weighted by molar-refractivity contribution is 5.76. The molecule has 0 aliphatic heterocycles. The lowest BCUT2D eigenvalue weighted by atomic mass is 9.74. The molecule has 0 radical (unpaired) electrons. The van der Waals surface area contributed by atoms with Crippen LogP contribution in [0.15, 0.2) is 0 Å². The highest BCUT2D eigenvalue weighted by Crippen LogP contribution is 2.57. The smallest absolute Gasteiger partial charge is 0.310 e. The molecular formula is C11H18O3. The van der Waals surface area contributed by atoms with Gasteiger partial charge in [-0.3, -0.25) is 4.79 Å². The number of carboxylic acid groups (broad SMARTS) is 1. The van der Waals surface area contributed by atoms with Crippen LogP contribution >= 0.6 is 0 Å². The second-order valence-corrected chi connectivity index (χ2v) is 5.01. The van der Waals surface area contributed by atoms with Crippen LogP contribution in [0, 0.1) is 11.3 Å². The summed E-state index contributed by atoms with van der Waals surface area (Å²) in [6.45, 7) is 1.93. The van der Waals surface area contributed by atoms with E-state index in [0.29, 0.717) is 19.3 Å². The molecule has 0 aromatic heterocycles. The molecule has 0 heterocycles. The third-order valence-electron chi connectivity index (χ3n) is 4.30. The summed E-state index contributed by atoms with van der Waals surface area (Å²) in [5.74, 6) is -0.508. The second kappa shape index (κ2) is 2.96. The first kappa shape index (κ1) is 9.97. The maximum absolute atomic E-state index is 11.3. The lowest BCUT2D eigenvalue weighted by Gasteiger charge is -2.29. The predicted octanol–water partition coefficient (Wildman–Crippen LogP) is 1.79. The fraction of sp³-hybridized carbons (Fsp3) is 0.909. The molecule has 0 spiro atoms. The van der Waals surface area contributed by atoms with E-state index in [2.05, 4.69) is 0 Å². The lowest BCUT2D eigenvalue weighted by Crippen LogP contribution is -2.34. The van der Waals surface area contributed by atoms with Crippen LogP contribution in [0.5, 0.6) is 0 Å². The van der Waals surface area contributed by atoms with Gasteiger partial charge in [-0.15, -0.1) is 0 Å². The van der Waals surface area contributed by atoms with Crippen molar-refractivity contribution in [3.63, 3.8) is 0 Å². The van der Waals surface area contributed by atoms with E-state index < -0.39 is 17.0 Å². The van der Waals surface area contributed by atoms with E-state index >= 15 is 0 Å². The maximum Gasteiger partial charge on any atom is 0.310 e. The summed E-state index contributed by atoms with van der Waals surface area (Å²) < 4.78 is 0. The average Bonchev–Trinajstić information content (AvgIpc) is 2.33. The second-order valence-electron chi connectivity index (χ2n) is 5.01. The summed E-state index contributed by atoms with van der Waals surface area (Å²) in [6.07, 6.45) is 4.57. The Balaban J connectivity index is 2.33. The van der Waals surface area contributed by atoms with E-state index in [0.717, 1.165) is 19.3 Å². The first-order valence-corrected chi connectivity index (χ1v) is 5.48. The van der Waals surface area contributed by atoms with E-state index in [-0.39, 0.29) is 5.92 Å². The minimum atomic E-state index is -0.706. The van der Waals surface area contributed by atoms with Crippen LogP contribution < -0.4 is 0 Å². The molecule has 2 N–H and O–H groups in total. The molecule has 0 aromatic rings. The third kappa shape index (κ3) is 1.18. The normalized spacial score (nSPS) is 46.6. The first-order valence-electron chi connectivity index (χ1n) is 5.48. The maximum atomic E-state index is 11.3. The van der Waals surface area contributed by atoms with Gasteiger partial charge in [0.25, 0.3) is 0 Å². The molecule has 3 atom stereocenters. The van der Waals surface area contributed by atoms with E-state index in [1.165, 1.54) is 0 Å². The Hall–Kier alpha value is -0.570. The number of hydrogen-bond acceptors (Lipinski definition) is 2. The minimum Gasteiger partial charge on any atom is -0.481 e. The summed E-state index contributed by atoms with van der Waals surface area (Å²) in [5.41, 5.74) is -1.30. The Morgan fingerprint density at radius 2 is 2.29 bits per heavy atom. The number of aliphatic hydroxyl groups is 1. The van der Waals surface area contributed by atoms with Gasteiger partial charge in [0.2, 0.25) is 0 Å².